The van der Waals surface area contributed by atoms with Crippen molar-refractivity contribution in [1.82, 2.24) is 15.3 Å². The Morgan fingerprint density at radius 1 is 1.16 bits per heavy atom. The van der Waals surface area contributed by atoms with Crippen LogP contribution in [0.2, 0.25) is 0 Å². The summed E-state index contributed by atoms with van der Waals surface area (Å²) in [6.45, 7) is 0. The van der Waals surface area contributed by atoms with Gasteiger partial charge >= 0.3 is 0 Å². The number of nitrogens with one attached hydrogen (secondary N) is 2. The number of aromatic nitrogens is 2. The smallest absolute Gasteiger partial charge is 0.270 e. The van der Waals surface area contributed by atoms with Gasteiger partial charge in [-0.05, 0) is 31.0 Å². The molecule has 25 heavy (non-hydrogen) atoms. The first-order valence-corrected chi connectivity index (χ1v) is 8.79. The molecular formula is C19H24N4O2. The van der Waals surface area contributed by atoms with Gasteiger partial charge in [-0.3, -0.25) is 4.79 Å². The van der Waals surface area contributed by atoms with Crippen molar-refractivity contribution in [2.45, 2.75) is 44.6 Å². The summed E-state index contributed by atoms with van der Waals surface area (Å²) in [5.74, 6) is 0.997. The highest BCUT2D eigenvalue weighted by Gasteiger charge is 2.17. The van der Waals surface area contributed by atoms with Crippen molar-refractivity contribution in [2.24, 2.45) is 0 Å². The van der Waals surface area contributed by atoms with Crippen LogP contribution in [0.3, 0.4) is 0 Å². The lowest BCUT2D eigenvalue weighted by atomic mass is 10.1. The SMILES string of the molecule is COc1cccc(Nc2nccc(C(=O)NC3CCCCCC3)n2)c1. The highest BCUT2D eigenvalue weighted by atomic mass is 16.5. The van der Waals surface area contributed by atoms with E-state index >= 15 is 0 Å². The predicted molar refractivity (Wildman–Crippen MR) is 97.3 cm³/mol. The van der Waals surface area contributed by atoms with E-state index < -0.39 is 0 Å². The van der Waals surface area contributed by atoms with Crippen molar-refractivity contribution in [3.05, 3.63) is 42.2 Å². The summed E-state index contributed by atoms with van der Waals surface area (Å²) in [5.41, 5.74) is 1.19. The van der Waals surface area contributed by atoms with Crippen molar-refractivity contribution < 1.29 is 9.53 Å². The van der Waals surface area contributed by atoms with Crippen LogP contribution in [0.5, 0.6) is 5.75 Å². The summed E-state index contributed by atoms with van der Waals surface area (Å²) >= 11 is 0. The molecule has 1 aromatic carbocycles. The Kier molecular flexibility index (Phi) is 5.82. The van der Waals surface area contributed by atoms with E-state index in [-0.39, 0.29) is 11.9 Å². The largest absolute Gasteiger partial charge is 0.497 e. The Balaban J connectivity index is 1.66. The number of rotatable bonds is 5. The van der Waals surface area contributed by atoms with E-state index in [1.165, 1.54) is 25.7 Å². The van der Waals surface area contributed by atoms with Crippen molar-refractivity contribution in [3.63, 3.8) is 0 Å². The van der Waals surface area contributed by atoms with Gasteiger partial charge in [-0.25, -0.2) is 9.97 Å². The number of ether oxygens (including phenoxy) is 1. The van der Waals surface area contributed by atoms with E-state index in [4.69, 9.17) is 4.74 Å². The summed E-state index contributed by atoms with van der Waals surface area (Å²) in [6.07, 6.45) is 8.56. The number of amides is 1. The van der Waals surface area contributed by atoms with Gasteiger partial charge in [-0.15, -0.1) is 0 Å². The second-order valence-electron chi connectivity index (χ2n) is 6.28. The summed E-state index contributed by atoms with van der Waals surface area (Å²) in [4.78, 5) is 21.0. The molecule has 0 aliphatic heterocycles. The molecule has 1 aliphatic carbocycles. The lowest BCUT2D eigenvalue weighted by Crippen LogP contribution is -2.35. The summed E-state index contributed by atoms with van der Waals surface area (Å²) < 4.78 is 5.20. The van der Waals surface area contributed by atoms with Gasteiger partial charge in [0.15, 0.2) is 0 Å². The molecule has 6 nitrogen and oxygen atoms in total. The summed E-state index contributed by atoms with van der Waals surface area (Å²) in [7, 11) is 1.62. The fourth-order valence-corrected chi connectivity index (χ4v) is 3.06. The second kappa shape index (κ2) is 8.46. The molecule has 1 heterocycles. The summed E-state index contributed by atoms with van der Waals surface area (Å²) in [6, 6.07) is 9.38. The molecule has 0 spiro atoms. The Morgan fingerprint density at radius 2 is 1.96 bits per heavy atom. The highest BCUT2D eigenvalue weighted by Crippen LogP contribution is 2.20. The van der Waals surface area contributed by atoms with Crippen LogP contribution in [0.15, 0.2) is 36.5 Å². The quantitative estimate of drug-likeness (QED) is 0.812. The number of anilines is 2. The minimum absolute atomic E-state index is 0.136. The molecule has 1 aliphatic rings. The van der Waals surface area contributed by atoms with Crippen molar-refractivity contribution in [1.29, 1.82) is 0 Å². The molecule has 1 aromatic heterocycles. The first kappa shape index (κ1) is 17.2. The monoisotopic (exact) mass is 340 g/mol. The van der Waals surface area contributed by atoms with Crippen LogP contribution < -0.4 is 15.4 Å². The van der Waals surface area contributed by atoms with Gasteiger partial charge in [0, 0.05) is 24.0 Å². The van der Waals surface area contributed by atoms with Crippen LogP contribution in [0.25, 0.3) is 0 Å². The fraction of sp³-hybridized carbons (Fsp3) is 0.421. The first-order valence-electron chi connectivity index (χ1n) is 8.79. The third kappa shape index (κ3) is 4.92. The molecule has 0 unspecified atom stereocenters. The average Bonchev–Trinajstić information content (AvgIpc) is 2.91. The number of hydrogen-bond acceptors (Lipinski definition) is 5. The topological polar surface area (TPSA) is 76.1 Å². The maximum atomic E-state index is 12.5. The molecule has 1 saturated carbocycles. The Bertz CT molecular complexity index is 712. The molecule has 0 radical (unpaired) electrons. The molecule has 132 valence electrons. The van der Waals surface area contributed by atoms with Crippen LogP contribution >= 0.6 is 0 Å². The van der Waals surface area contributed by atoms with Gasteiger partial charge in [-0.1, -0.05) is 31.7 Å². The second-order valence-corrected chi connectivity index (χ2v) is 6.28. The normalized spacial score (nSPS) is 15.2. The van der Waals surface area contributed by atoms with E-state index in [9.17, 15) is 4.79 Å². The van der Waals surface area contributed by atoms with Crippen LogP contribution in [-0.2, 0) is 0 Å². The zero-order chi connectivity index (χ0) is 17.5. The van der Waals surface area contributed by atoms with Crippen LogP contribution in [0.4, 0.5) is 11.6 Å². The number of carbonyl (C=O) groups is 1. The molecule has 3 rings (SSSR count). The minimum Gasteiger partial charge on any atom is -0.497 e. The Labute approximate surface area is 148 Å². The lowest BCUT2D eigenvalue weighted by molar-refractivity contribution is 0.0928. The van der Waals surface area contributed by atoms with E-state index in [1.807, 2.05) is 24.3 Å². The number of carbonyl (C=O) groups excluding carboxylic acids is 1. The van der Waals surface area contributed by atoms with Gasteiger partial charge in [0.2, 0.25) is 5.95 Å². The van der Waals surface area contributed by atoms with Gasteiger partial charge in [-0.2, -0.15) is 0 Å². The van der Waals surface area contributed by atoms with Gasteiger partial charge in [0.05, 0.1) is 7.11 Å². The molecule has 1 fully saturated rings. The molecule has 2 N–H and O–H groups in total. The van der Waals surface area contributed by atoms with E-state index in [2.05, 4.69) is 20.6 Å². The van der Waals surface area contributed by atoms with Gasteiger partial charge < -0.3 is 15.4 Å². The fourth-order valence-electron chi connectivity index (χ4n) is 3.06. The zero-order valence-electron chi connectivity index (χ0n) is 14.5. The number of nitrogens with zero attached hydrogens (tertiary/aromatic N) is 2. The minimum atomic E-state index is -0.136. The highest BCUT2D eigenvalue weighted by molar-refractivity contribution is 5.92. The van der Waals surface area contributed by atoms with Gasteiger partial charge in [0.25, 0.3) is 5.91 Å². The van der Waals surface area contributed by atoms with Crippen molar-refractivity contribution in [2.75, 3.05) is 12.4 Å². The van der Waals surface area contributed by atoms with E-state index in [0.29, 0.717) is 11.6 Å². The first-order chi connectivity index (χ1) is 12.2. The average molecular weight is 340 g/mol. The van der Waals surface area contributed by atoms with Crippen LogP contribution in [0, 0.1) is 0 Å². The molecule has 1 amide bonds. The molecule has 0 atom stereocenters. The summed E-state index contributed by atoms with van der Waals surface area (Å²) in [5, 5.41) is 6.21. The Morgan fingerprint density at radius 3 is 2.72 bits per heavy atom. The number of benzene rings is 1. The standard InChI is InChI=1S/C19H24N4O2/c1-25-16-10-6-9-15(13-16)22-19-20-12-11-17(23-19)18(24)21-14-7-4-2-3-5-8-14/h6,9-14H,2-5,7-8H2,1H3,(H,21,24)(H,20,22,23). The zero-order valence-corrected chi connectivity index (χ0v) is 14.5. The van der Waals surface area contributed by atoms with Gasteiger partial charge in [0.1, 0.15) is 11.4 Å². The molecule has 0 bridgehead atoms. The maximum absolute atomic E-state index is 12.5. The van der Waals surface area contributed by atoms with E-state index in [1.54, 1.807) is 19.4 Å². The third-order valence-corrected chi connectivity index (χ3v) is 4.40. The third-order valence-electron chi connectivity index (χ3n) is 4.40. The van der Waals surface area contributed by atoms with Crippen molar-refractivity contribution in [3.8, 4) is 5.75 Å². The molecule has 6 heteroatoms. The Hall–Kier alpha value is -2.63. The maximum Gasteiger partial charge on any atom is 0.270 e. The van der Waals surface area contributed by atoms with Crippen LogP contribution in [-0.4, -0.2) is 29.0 Å². The van der Waals surface area contributed by atoms with Crippen LogP contribution in [0.1, 0.15) is 49.0 Å². The van der Waals surface area contributed by atoms with E-state index in [0.717, 1.165) is 24.3 Å². The predicted octanol–water partition coefficient (Wildman–Crippen LogP) is 3.68. The number of hydrogen-bond donors (Lipinski definition) is 2. The molecular weight excluding hydrogens is 316 g/mol. The lowest BCUT2D eigenvalue weighted by Gasteiger charge is -2.16. The van der Waals surface area contributed by atoms with Crippen molar-refractivity contribution >= 4 is 17.5 Å². The molecule has 2 aromatic rings. The number of methoxy groups -OCH3 is 1. The molecule has 0 saturated heterocycles.